The van der Waals surface area contributed by atoms with Gasteiger partial charge in [-0.25, -0.2) is 0 Å². The maximum atomic E-state index is 12.5. The Bertz CT molecular complexity index is 602. The molecule has 0 fully saturated rings. The number of aryl methyl sites for hydroxylation is 1. The molecule has 1 atom stereocenters. The van der Waals surface area contributed by atoms with Gasteiger partial charge in [0.25, 0.3) is 0 Å². The third-order valence-electron chi connectivity index (χ3n) is 3.09. The molecule has 0 aromatic heterocycles. The Hall–Kier alpha value is -1.67. The number of nitrogens with one attached hydrogen (secondary N) is 1. The van der Waals surface area contributed by atoms with Crippen LogP contribution in [0.3, 0.4) is 0 Å². The molecule has 1 aromatic rings. The lowest BCUT2D eigenvalue weighted by Crippen LogP contribution is -2.24. The predicted molar refractivity (Wildman–Crippen MR) is 88.0 cm³/mol. The van der Waals surface area contributed by atoms with E-state index in [1.54, 1.807) is 19.9 Å². The van der Waals surface area contributed by atoms with Gasteiger partial charge in [-0.2, -0.15) is 5.26 Å². The van der Waals surface area contributed by atoms with Crippen LogP contribution in [0.15, 0.2) is 24.3 Å². The maximum Gasteiger partial charge on any atom is 0.330 e. The fourth-order valence-electron chi connectivity index (χ4n) is 2.15. The molecule has 0 bridgehead atoms. The van der Waals surface area contributed by atoms with E-state index in [9.17, 15) is 9.36 Å². The van der Waals surface area contributed by atoms with Gasteiger partial charge in [-0.3, -0.25) is 9.36 Å². The smallest absolute Gasteiger partial charge is 0.330 e. The Labute approximate surface area is 137 Å². The number of amides is 1. The number of nitriles is 1. The van der Waals surface area contributed by atoms with Gasteiger partial charge in [0.15, 0.2) is 0 Å². The van der Waals surface area contributed by atoms with Crippen LogP contribution in [-0.2, 0) is 24.8 Å². The number of hydrogen-bond acceptors (Lipinski definition) is 5. The van der Waals surface area contributed by atoms with E-state index in [-0.39, 0.29) is 12.1 Å². The van der Waals surface area contributed by atoms with E-state index in [1.165, 1.54) is 6.92 Å². The van der Waals surface area contributed by atoms with Crippen LogP contribution in [0.2, 0.25) is 0 Å². The van der Waals surface area contributed by atoms with Gasteiger partial charge in [-0.05, 0) is 31.4 Å². The summed E-state index contributed by atoms with van der Waals surface area (Å²) in [6.07, 6.45) is 0.777. The van der Waals surface area contributed by atoms with Gasteiger partial charge in [-0.15, -0.1) is 0 Å². The topological polar surface area (TPSA) is 88.4 Å². The molecule has 0 saturated heterocycles. The first-order valence-electron chi connectivity index (χ1n) is 7.57. The van der Waals surface area contributed by atoms with Crippen LogP contribution >= 0.6 is 7.60 Å². The van der Waals surface area contributed by atoms with Crippen molar-refractivity contribution < 1.29 is 18.4 Å². The molecule has 0 aliphatic heterocycles. The second kappa shape index (κ2) is 9.46. The van der Waals surface area contributed by atoms with Gasteiger partial charge in [0.05, 0.1) is 25.4 Å². The summed E-state index contributed by atoms with van der Waals surface area (Å²) in [6, 6.07) is 8.65. The first kappa shape index (κ1) is 19.4. The summed E-state index contributed by atoms with van der Waals surface area (Å²) in [5.74, 6) is -0.265. The lowest BCUT2D eigenvalue weighted by molar-refractivity contribution is -0.119. The molecule has 0 aliphatic carbocycles. The normalized spacial score (nSPS) is 12.4. The van der Waals surface area contributed by atoms with Gasteiger partial charge in [0.1, 0.15) is 6.04 Å². The van der Waals surface area contributed by atoms with Crippen LogP contribution in [-0.4, -0.2) is 25.3 Å². The van der Waals surface area contributed by atoms with Gasteiger partial charge < -0.3 is 14.4 Å². The van der Waals surface area contributed by atoms with Crippen LogP contribution < -0.4 is 5.32 Å². The number of benzene rings is 1. The molecule has 0 heterocycles. The van der Waals surface area contributed by atoms with E-state index in [2.05, 4.69) is 11.4 Å². The van der Waals surface area contributed by atoms with Crippen LogP contribution in [0, 0.1) is 11.3 Å². The highest BCUT2D eigenvalue weighted by molar-refractivity contribution is 7.53. The van der Waals surface area contributed by atoms with Crippen molar-refractivity contribution in [3.05, 3.63) is 35.4 Å². The zero-order chi connectivity index (χ0) is 17.3. The van der Waals surface area contributed by atoms with E-state index in [1.807, 2.05) is 18.2 Å². The van der Waals surface area contributed by atoms with Crippen LogP contribution in [0.4, 0.5) is 0 Å². The zero-order valence-corrected chi connectivity index (χ0v) is 14.6. The van der Waals surface area contributed by atoms with E-state index in [0.29, 0.717) is 25.2 Å². The molecule has 0 saturated carbocycles. The lowest BCUT2D eigenvalue weighted by atomic mass is 10.0. The summed E-state index contributed by atoms with van der Waals surface area (Å²) in [4.78, 5) is 11.1. The van der Waals surface area contributed by atoms with E-state index in [4.69, 9.17) is 14.3 Å². The largest absolute Gasteiger partial charge is 0.337 e. The number of carbonyl (C=O) groups is 1. The number of rotatable bonds is 9. The minimum absolute atomic E-state index is 0.265. The number of carbonyl (C=O) groups excluding carboxylic acids is 1. The Morgan fingerprint density at radius 2 is 2.00 bits per heavy atom. The maximum absolute atomic E-state index is 12.5. The molecule has 0 spiro atoms. The van der Waals surface area contributed by atoms with Crippen LogP contribution in [0.1, 0.15) is 37.9 Å². The first-order chi connectivity index (χ1) is 10.9. The SMILES string of the molecule is CCOP(=O)(CCc1cccc(C(C#N)NC(C)=O)c1)OCC. The molecule has 6 nitrogen and oxygen atoms in total. The molecule has 23 heavy (non-hydrogen) atoms. The summed E-state index contributed by atoms with van der Waals surface area (Å²) in [5.41, 5.74) is 1.61. The summed E-state index contributed by atoms with van der Waals surface area (Å²) < 4.78 is 23.0. The molecule has 1 amide bonds. The molecule has 1 aromatic carbocycles. The van der Waals surface area contributed by atoms with Crippen molar-refractivity contribution in [2.45, 2.75) is 33.2 Å². The van der Waals surface area contributed by atoms with Crippen LogP contribution in [0.5, 0.6) is 0 Å². The fraction of sp³-hybridized carbons (Fsp3) is 0.500. The molecule has 1 N–H and O–H groups in total. The molecule has 7 heteroatoms. The average molecular weight is 338 g/mol. The summed E-state index contributed by atoms with van der Waals surface area (Å²) in [5, 5.41) is 11.8. The quantitative estimate of drug-likeness (QED) is 0.699. The number of nitrogens with zero attached hydrogens (tertiary/aromatic N) is 1. The van der Waals surface area contributed by atoms with Crippen molar-refractivity contribution in [3.8, 4) is 6.07 Å². The van der Waals surface area contributed by atoms with E-state index < -0.39 is 13.6 Å². The average Bonchev–Trinajstić information content (AvgIpc) is 2.51. The third-order valence-corrected chi connectivity index (χ3v) is 5.16. The monoisotopic (exact) mass is 338 g/mol. The zero-order valence-electron chi connectivity index (χ0n) is 13.7. The minimum atomic E-state index is -3.09. The Morgan fingerprint density at radius 3 is 2.52 bits per heavy atom. The molecule has 126 valence electrons. The third kappa shape index (κ3) is 6.54. The Morgan fingerprint density at radius 1 is 1.35 bits per heavy atom. The van der Waals surface area contributed by atoms with Crippen molar-refractivity contribution in [3.63, 3.8) is 0 Å². The molecule has 0 radical (unpaired) electrons. The summed E-state index contributed by atoms with van der Waals surface area (Å²) in [6.45, 7) is 5.58. The fourth-order valence-corrected chi connectivity index (χ4v) is 3.80. The van der Waals surface area contributed by atoms with Crippen LogP contribution in [0.25, 0.3) is 0 Å². The van der Waals surface area contributed by atoms with Gasteiger partial charge >= 0.3 is 7.60 Å². The highest BCUT2D eigenvalue weighted by atomic mass is 31.2. The highest BCUT2D eigenvalue weighted by Gasteiger charge is 2.23. The van der Waals surface area contributed by atoms with Crippen molar-refractivity contribution in [2.75, 3.05) is 19.4 Å². The second-order valence-corrected chi connectivity index (χ2v) is 7.11. The van der Waals surface area contributed by atoms with E-state index >= 15 is 0 Å². The molecular formula is C16H23N2O4P. The van der Waals surface area contributed by atoms with Crippen molar-refractivity contribution in [1.29, 1.82) is 5.26 Å². The first-order valence-corrected chi connectivity index (χ1v) is 9.30. The molecular weight excluding hydrogens is 315 g/mol. The van der Waals surface area contributed by atoms with E-state index in [0.717, 1.165) is 5.56 Å². The van der Waals surface area contributed by atoms with Crippen molar-refractivity contribution in [1.82, 2.24) is 5.32 Å². The minimum Gasteiger partial charge on any atom is -0.337 e. The standard InChI is InChI=1S/C16H23N2O4P/c1-4-21-23(20,22-5-2)10-9-14-7-6-8-15(11-14)16(12-17)18-13(3)19/h6-8,11,16H,4-5,9-10H2,1-3H3,(H,18,19). The number of hydrogen-bond donors (Lipinski definition) is 1. The van der Waals surface area contributed by atoms with Crippen molar-refractivity contribution in [2.24, 2.45) is 0 Å². The summed E-state index contributed by atoms with van der Waals surface area (Å²) >= 11 is 0. The highest BCUT2D eigenvalue weighted by Crippen LogP contribution is 2.48. The summed E-state index contributed by atoms with van der Waals surface area (Å²) in [7, 11) is -3.09. The van der Waals surface area contributed by atoms with Gasteiger partial charge in [0.2, 0.25) is 5.91 Å². The molecule has 1 rings (SSSR count). The molecule has 1 unspecified atom stereocenters. The van der Waals surface area contributed by atoms with Gasteiger partial charge in [-0.1, -0.05) is 24.3 Å². The Balaban J connectivity index is 2.82. The lowest BCUT2D eigenvalue weighted by Gasteiger charge is -2.17. The van der Waals surface area contributed by atoms with Gasteiger partial charge in [0, 0.05) is 6.92 Å². The predicted octanol–water partition coefficient (Wildman–Crippen LogP) is 3.20. The molecule has 0 aliphatic rings. The second-order valence-electron chi connectivity index (χ2n) is 4.93. The van der Waals surface area contributed by atoms with Crippen molar-refractivity contribution >= 4 is 13.5 Å². The Kier molecular flexibility index (Phi) is 7.97.